The molecule has 0 aromatic heterocycles. The molecule has 2 bridgehead atoms. The van der Waals surface area contributed by atoms with Gasteiger partial charge in [0.1, 0.15) is 0 Å². The predicted octanol–water partition coefficient (Wildman–Crippen LogP) is 0.00830. The van der Waals surface area contributed by atoms with Crippen molar-refractivity contribution in [3.63, 3.8) is 0 Å². The number of nitrogens with one attached hydrogen (secondary N) is 1. The molecule has 1 aromatic carbocycles. The number of halogens is 2. The summed E-state index contributed by atoms with van der Waals surface area (Å²) in [5, 5.41) is 0.898. The maximum absolute atomic E-state index is 6.21. The van der Waals surface area contributed by atoms with Crippen molar-refractivity contribution in [1.29, 1.82) is 0 Å². The van der Waals surface area contributed by atoms with Gasteiger partial charge in [-0.3, -0.25) is 0 Å². The number of fused-ring (bicyclic) bond motifs is 3. The molecule has 1 aromatic rings. The van der Waals surface area contributed by atoms with Crippen LogP contribution in [0, 0.1) is 17.8 Å². The van der Waals surface area contributed by atoms with Crippen LogP contribution in [0.3, 0.4) is 0 Å². The Balaban J connectivity index is 0.00000147. The summed E-state index contributed by atoms with van der Waals surface area (Å²) in [6, 6.07) is 8.64. The smallest absolute Gasteiger partial charge is 0.0804 e. The van der Waals surface area contributed by atoms with Crippen LogP contribution in [0.2, 0.25) is 5.02 Å². The molecule has 2 atom stereocenters. The van der Waals surface area contributed by atoms with Gasteiger partial charge in [-0.2, -0.15) is 0 Å². The molecule has 0 spiro atoms. The molecule has 1 N–H and O–H groups in total. The van der Waals surface area contributed by atoms with Crippen LogP contribution in [0.25, 0.3) is 0 Å². The van der Waals surface area contributed by atoms with Gasteiger partial charge in [0.15, 0.2) is 0 Å². The summed E-state index contributed by atoms with van der Waals surface area (Å²) in [6.45, 7) is 1.30. The molecule has 1 unspecified atom stereocenters. The molecule has 3 fully saturated rings. The van der Waals surface area contributed by atoms with Crippen LogP contribution in [0.15, 0.2) is 24.3 Å². The molecular formula is C17H25Cl2N. The molecule has 3 aliphatic rings. The Morgan fingerprint density at radius 2 is 1.75 bits per heavy atom. The average Bonchev–Trinajstić information content (AvgIpc) is 2.39. The Hall–Kier alpha value is -0.240. The van der Waals surface area contributed by atoms with E-state index in [1.54, 1.807) is 4.90 Å². The van der Waals surface area contributed by atoms with Gasteiger partial charge in [0.25, 0.3) is 0 Å². The van der Waals surface area contributed by atoms with E-state index in [0.29, 0.717) is 0 Å². The zero-order valence-corrected chi connectivity index (χ0v) is 13.9. The van der Waals surface area contributed by atoms with Gasteiger partial charge < -0.3 is 17.3 Å². The quantitative estimate of drug-likeness (QED) is 0.802. The molecule has 0 radical (unpaired) electrons. The highest BCUT2D eigenvalue weighted by molar-refractivity contribution is 6.30. The number of hydrogen-bond donors (Lipinski definition) is 1. The summed E-state index contributed by atoms with van der Waals surface area (Å²) in [7, 11) is 4.58. The number of hydrogen-bond acceptors (Lipinski definition) is 0. The van der Waals surface area contributed by atoms with Gasteiger partial charge in [0, 0.05) is 10.9 Å². The number of quaternary nitrogens is 1. The van der Waals surface area contributed by atoms with Crippen LogP contribution in [-0.2, 0) is 0 Å². The number of rotatable bonds is 3. The van der Waals surface area contributed by atoms with E-state index in [9.17, 15) is 0 Å². The van der Waals surface area contributed by atoms with E-state index in [4.69, 9.17) is 11.6 Å². The van der Waals surface area contributed by atoms with Crippen molar-refractivity contribution < 1.29 is 17.3 Å². The summed E-state index contributed by atoms with van der Waals surface area (Å²) in [6.07, 6.45) is 5.78. The topological polar surface area (TPSA) is 4.44 Å². The normalized spacial score (nSPS) is 32.2. The fourth-order valence-electron chi connectivity index (χ4n) is 4.57. The standard InChI is InChI=1S/C17H24ClN.ClH/c1-19(2)11-16-12-6-8-13(9-7-12)17(16)14-4-3-5-15(18)10-14;/h3-5,10,12-13,16-17H,6-9,11H2,1-2H3;1H/t12?,13?,16-,17?;/m1./s1. The highest BCUT2D eigenvalue weighted by Gasteiger charge is 2.45. The van der Waals surface area contributed by atoms with Crippen molar-refractivity contribution in [1.82, 2.24) is 0 Å². The van der Waals surface area contributed by atoms with E-state index >= 15 is 0 Å². The first-order chi connectivity index (χ1) is 9.15. The van der Waals surface area contributed by atoms with E-state index in [1.807, 2.05) is 6.07 Å². The first-order valence-corrected chi connectivity index (χ1v) is 8.07. The van der Waals surface area contributed by atoms with Gasteiger partial charge in [0.2, 0.25) is 0 Å². The Labute approximate surface area is 134 Å². The fraction of sp³-hybridized carbons (Fsp3) is 0.647. The molecule has 1 nitrogen and oxygen atoms in total. The van der Waals surface area contributed by atoms with Gasteiger partial charge in [-0.25, -0.2) is 0 Å². The molecule has 3 aliphatic carbocycles. The van der Waals surface area contributed by atoms with E-state index in [-0.39, 0.29) is 12.4 Å². The number of benzene rings is 1. The van der Waals surface area contributed by atoms with E-state index in [2.05, 4.69) is 32.3 Å². The summed E-state index contributed by atoms with van der Waals surface area (Å²) in [5.74, 6) is 3.45. The lowest BCUT2D eigenvalue weighted by Crippen LogP contribution is -3.06. The maximum Gasteiger partial charge on any atom is 0.0804 e. The SMILES string of the molecule is C[NH+](C)C[C@@H]1C2CCC(CC2)C1c1cccc(Cl)c1.[Cl-]. The van der Waals surface area contributed by atoms with Crippen LogP contribution in [0.5, 0.6) is 0 Å². The lowest BCUT2D eigenvalue weighted by atomic mass is 9.57. The van der Waals surface area contributed by atoms with Crippen LogP contribution in [-0.4, -0.2) is 20.6 Å². The Bertz CT molecular complexity index is 438. The highest BCUT2D eigenvalue weighted by Crippen LogP contribution is 2.53. The zero-order valence-electron chi connectivity index (χ0n) is 12.4. The van der Waals surface area contributed by atoms with Crippen molar-refractivity contribution in [3.05, 3.63) is 34.9 Å². The minimum atomic E-state index is 0. The van der Waals surface area contributed by atoms with E-state index < -0.39 is 0 Å². The first-order valence-electron chi connectivity index (χ1n) is 7.69. The average molecular weight is 314 g/mol. The van der Waals surface area contributed by atoms with E-state index in [0.717, 1.165) is 28.7 Å². The third-order valence-corrected chi connectivity index (χ3v) is 5.50. The lowest BCUT2D eigenvalue weighted by molar-refractivity contribution is -0.863. The molecule has 3 heteroatoms. The molecule has 0 aliphatic heterocycles. The largest absolute Gasteiger partial charge is 1.00 e. The lowest BCUT2D eigenvalue weighted by Gasteiger charge is -2.49. The Morgan fingerprint density at radius 3 is 2.35 bits per heavy atom. The molecule has 20 heavy (non-hydrogen) atoms. The molecule has 4 rings (SSSR count). The third kappa shape index (κ3) is 3.16. The molecule has 0 amide bonds. The van der Waals surface area contributed by atoms with Crippen molar-refractivity contribution in [3.8, 4) is 0 Å². The van der Waals surface area contributed by atoms with E-state index in [1.165, 1.54) is 37.8 Å². The van der Waals surface area contributed by atoms with Gasteiger partial charge in [-0.05, 0) is 61.1 Å². The summed E-state index contributed by atoms with van der Waals surface area (Å²) >= 11 is 6.21. The third-order valence-electron chi connectivity index (χ3n) is 5.27. The van der Waals surface area contributed by atoms with Gasteiger partial charge in [-0.15, -0.1) is 0 Å². The molecular weight excluding hydrogens is 289 g/mol. The maximum atomic E-state index is 6.21. The monoisotopic (exact) mass is 313 g/mol. The molecule has 0 heterocycles. The predicted molar refractivity (Wildman–Crippen MR) is 80.8 cm³/mol. The molecule has 3 saturated carbocycles. The second kappa shape index (κ2) is 6.68. The van der Waals surface area contributed by atoms with Crippen LogP contribution >= 0.6 is 11.6 Å². The van der Waals surface area contributed by atoms with Gasteiger partial charge in [0.05, 0.1) is 20.6 Å². The zero-order chi connectivity index (χ0) is 13.4. The van der Waals surface area contributed by atoms with Crippen molar-refractivity contribution in [2.75, 3.05) is 20.6 Å². The summed E-state index contributed by atoms with van der Waals surface area (Å²) < 4.78 is 0. The van der Waals surface area contributed by atoms with Crippen LogP contribution in [0.1, 0.15) is 37.2 Å². The summed E-state index contributed by atoms with van der Waals surface area (Å²) in [4.78, 5) is 1.59. The second-order valence-corrected chi connectivity index (χ2v) is 7.27. The van der Waals surface area contributed by atoms with Crippen molar-refractivity contribution in [2.45, 2.75) is 31.6 Å². The Kier molecular flexibility index (Phi) is 5.39. The summed E-state index contributed by atoms with van der Waals surface area (Å²) in [5.41, 5.74) is 1.49. The van der Waals surface area contributed by atoms with Crippen molar-refractivity contribution in [2.24, 2.45) is 17.8 Å². The minimum absolute atomic E-state index is 0. The van der Waals surface area contributed by atoms with Gasteiger partial charge in [-0.1, -0.05) is 23.7 Å². The fourth-order valence-corrected chi connectivity index (χ4v) is 4.77. The van der Waals surface area contributed by atoms with Crippen LogP contribution < -0.4 is 17.3 Å². The molecule has 112 valence electrons. The van der Waals surface area contributed by atoms with Gasteiger partial charge >= 0.3 is 0 Å². The minimum Gasteiger partial charge on any atom is -1.00 e. The highest BCUT2D eigenvalue weighted by atomic mass is 35.5. The molecule has 0 saturated heterocycles. The Morgan fingerprint density at radius 1 is 1.10 bits per heavy atom. The second-order valence-electron chi connectivity index (χ2n) is 6.83. The van der Waals surface area contributed by atoms with Crippen LogP contribution in [0.4, 0.5) is 0 Å². The first kappa shape index (κ1) is 16.1. The van der Waals surface area contributed by atoms with Crippen molar-refractivity contribution >= 4 is 11.6 Å².